The lowest BCUT2D eigenvalue weighted by molar-refractivity contribution is 0.203. The standard InChI is InChI=1S/C13H8BrN3O2/c14-10-4-2-1-3-9(10)13-15-11-6-5-8(16-18)7-12(11)17(13)19/h1-7,19H. The van der Waals surface area contributed by atoms with Crippen LogP contribution < -0.4 is 0 Å². The Kier molecular flexibility index (Phi) is 2.79. The molecule has 0 unspecified atom stereocenters. The Labute approximate surface area is 116 Å². The van der Waals surface area contributed by atoms with Gasteiger partial charge in [0.1, 0.15) is 11.2 Å². The van der Waals surface area contributed by atoms with Gasteiger partial charge in [0.2, 0.25) is 0 Å². The van der Waals surface area contributed by atoms with Gasteiger partial charge in [-0.15, -0.1) is 4.91 Å². The van der Waals surface area contributed by atoms with Crippen LogP contribution in [0.2, 0.25) is 0 Å². The summed E-state index contributed by atoms with van der Waals surface area (Å²) in [6.45, 7) is 0. The second-order valence-corrected chi connectivity index (χ2v) is 4.85. The molecular formula is C13H8BrN3O2. The largest absolute Gasteiger partial charge is 0.426 e. The van der Waals surface area contributed by atoms with E-state index < -0.39 is 0 Å². The highest BCUT2D eigenvalue weighted by Gasteiger charge is 2.14. The van der Waals surface area contributed by atoms with E-state index in [2.05, 4.69) is 26.1 Å². The van der Waals surface area contributed by atoms with E-state index in [1.54, 1.807) is 12.1 Å². The van der Waals surface area contributed by atoms with Crippen molar-refractivity contribution < 1.29 is 5.21 Å². The van der Waals surface area contributed by atoms with E-state index in [9.17, 15) is 10.1 Å². The fourth-order valence-corrected chi connectivity index (χ4v) is 2.39. The number of aromatic nitrogens is 2. The van der Waals surface area contributed by atoms with Crippen LogP contribution >= 0.6 is 15.9 Å². The smallest absolute Gasteiger partial charge is 0.177 e. The van der Waals surface area contributed by atoms with Gasteiger partial charge in [-0.2, -0.15) is 4.73 Å². The highest BCUT2D eigenvalue weighted by molar-refractivity contribution is 9.10. The fourth-order valence-electron chi connectivity index (χ4n) is 1.93. The zero-order chi connectivity index (χ0) is 13.4. The first-order chi connectivity index (χ1) is 9.20. The number of nitroso groups, excluding NO2 is 1. The molecule has 0 saturated carbocycles. The highest BCUT2D eigenvalue weighted by atomic mass is 79.9. The molecule has 0 amide bonds. The zero-order valence-electron chi connectivity index (χ0n) is 9.62. The average Bonchev–Trinajstić information content (AvgIpc) is 2.76. The highest BCUT2D eigenvalue weighted by Crippen LogP contribution is 2.30. The molecule has 1 aromatic heterocycles. The van der Waals surface area contributed by atoms with Gasteiger partial charge in [-0.05, 0) is 35.5 Å². The second-order valence-electron chi connectivity index (χ2n) is 3.99. The molecule has 19 heavy (non-hydrogen) atoms. The topological polar surface area (TPSA) is 67.5 Å². The number of halogens is 1. The van der Waals surface area contributed by atoms with Gasteiger partial charge >= 0.3 is 0 Å². The van der Waals surface area contributed by atoms with E-state index >= 15 is 0 Å². The summed E-state index contributed by atoms with van der Waals surface area (Å²) in [5.74, 6) is 0.408. The average molecular weight is 318 g/mol. The van der Waals surface area contributed by atoms with Crippen molar-refractivity contribution in [1.82, 2.24) is 9.71 Å². The number of nitrogens with zero attached hydrogens (tertiary/aromatic N) is 3. The molecule has 0 aliphatic carbocycles. The maximum Gasteiger partial charge on any atom is 0.177 e. The first-order valence-corrected chi connectivity index (χ1v) is 6.30. The minimum atomic E-state index is 0.251. The van der Waals surface area contributed by atoms with E-state index in [4.69, 9.17) is 0 Å². The summed E-state index contributed by atoms with van der Waals surface area (Å²) < 4.78 is 1.79. The van der Waals surface area contributed by atoms with Crippen molar-refractivity contribution in [3.05, 3.63) is 51.8 Å². The molecule has 0 radical (unpaired) electrons. The molecular weight excluding hydrogens is 310 g/mol. The third-order valence-corrected chi connectivity index (χ3v) is 3.53. The molecule has 2 aromatic carbocycles. The van der Waals surface area contributed by atoms with Crippen molar-refractivity contribution in [2.24, 2.45) is 5.18 Å². The first kappa shape index (κ1) is 11.9. The zero-order valence-corrected chi connectivity index (χ0v) is 11.2. The Morgan fingerprint density at radius 3 is 2.74 bits per heavy atom. The molecule has 1 N–H and O–H groups in total. The third kappa shape index (κ3) is 1.90. The molecule has 0 spiro atoms. The molecule has 0 aliphatic rings. The number of rotatable bonds is 2. The first-order valence-electron chi connectivity index (χ1n) is 5.50. The molecule has 6 heteroatoms. The van der Waals surface area contributed by atoms with Gasteiger partial charge in [-0.3, -0.25) is 0 Å². The van der Waals surface area contributed by atoms with Gasteiger partial charge in [0.15, 0.2) is 5.82 Å². The van der Waals surface area contributed by atoms with Gasteiger partial charge in [0.05, 0.1) is 5.52 Å². The molecule has 0 aliphatic heterocycles. The number of fused-ring (bicyclic) bond motifs is 1. The summed E-state index contributed by atoms with van der Waals surface area (Å²) in [7, 11) is 0. The van der Waals surface area contributed by atoms with Gasteiger partial charge in [-0.25, -0.2) is 4.98 Å². The number of benzene rings is 2. The molecule has 0 atom stereocenters. The minimum Gasteiger partial charge on any atom is -0.426 e. The molecule has 94 valence electrons. The van der Waals surface area contributed by atoms with Crippen LogP contribution in [-0.4, -0.2) is 14.9 Å². The van der Waals surface area contributed by atoms with Gasteiger partial charge < -0.3 is 5.21 Å². The Bertz CT molecular complexity index is 783. The van der Waals surface area contributed by atoms with Crippen LogP contribution in [0.1, 0.15) is 0 Å². The molecule has 0 bridgehead atoms. The fraction of sp³-hybridized carbons (Fsp3) is 0. The van der Waals surface area contributed by atoms with Crippen LogP contribution in [0.5, 0.6) is 0 Å². The lowest BCUT2D eigenvalue weighted by Gasteiger charge is -2.03. The Hall–Kier alpha value is -2.21. The summed E-state index contributed by atoms with van der Waals surface area (Å²) >= 11 is 3.42. The van der Waals surface area contributed by atoms with Crippen LogP contribution in [0.25, 0.3) is 22.4 Å². The Morgan fingerprint density at radius 2 is 2.00 bits per heavy atom. The van der Waals surface area contributed by atoms with Crippen LogP contribution in [-0.2, 0) is 0 Å². The second kappa shape index (κ2) is 4.47. The summed E-state index contributed by atoms with van der Waals surface area (Å²) in [6.07, 6.45) is 0. The summed E-state index contributed by atoms with van der Waals surface area (Å²) in [5, 5.41) is 13.0. The monoisotopic (exact) mass is 317 g/mol. The number of hydrogen-bond donors (Lipinski definition) is 1. The van der Waals surface area contributed by atoms with Crippen molar-refractivity contribution in [1.29, 1.82) is 0 Å². The van der Waals surface area contributed by atoms with E-state index in [0.717, 1.165) is 14.8 Å². The number of hydrogen-bond acceptors (Lipinski definition) is 4. The molecule has 3 aromatic rings. The molecule has 5 nitrogen and oxygen atoms in total. The van der Waals surface area contributed by atoms with Crippen molar-refractivity contribution in [3.63, 3.8) is 0 Å². The Balaban J connectivity index is 2.29. The lowest BCUT2D eigenvalue weighted by Crippen LogP contribution is -1.94. The van der Waals surface area contributed by atoms with Gasteiger partial charge in [0.25, 0.3) is 0 Å². The van der Waals surface area contributed by atoms with Crippen molar-refractivity contribution >= 4 is 32.7 Å². The van der Waals surface area contributed by atoms with E-state index in [0.29, 0.717) is 16.9 Å². The maximum absolute atomic E-state index is 10.5. The molecule has 3 rings (SSSR count). The van der Waals surface area contributed by atoms with E-state index in [1.165, 1.54) is 6.07 Å². The predicted molar refractivity (Wildman–Crippen MR) is 75.5 cm³/mol. The van der Waals surface area contributed by atoms with Crippen molar-refractivity contribution in [2.45, 2.75) is 0 Å². The van der Waals surface area contributed by atoms with Crippen LogP contribution in [0.15, 0.2) is 52.1 Å². The summed E-state index contributed by atoms with van der Waals surface area (Å²) in [5.41, 5.74) is 2.06. The van der Waals surface area contributed by atoms with E-state index in [1.807, 2.05) is 24.3 Å². The normalized spacial score (nSPS) is 10.8. The lowest BCUT2D eigenvalue weighted by atomic mass is 10.2. The van der Waals surface area contributed by atoms with Crippen molar-refractivity contribution in [2.75, 3.05) is 0 Å². The van der Waals surface area contributed by atoms with Crippen LogP contribution in [0, 0.1) is 4.91 Å². The summed E-state index contributed by atoms with van der Waals surface area (Å²) in [4.78, 5) is 14.9. The van der Waals surface area contributed by atoms with E-state index in [-0.39, 0.29) is 5.69 Å². The minimum absolute atomic E-state index is 0.251. The third-order valence-electron chi connectivity index (χ3n) is 2.83. The number of imidazole rings is 1. The summed E-state index contributed by atoms with van der Waals surface area (Å²) in [6, 6.07) is 12.2. The van der Waals surface area contributed by atoms with Crippen molar-refractivity contribution in [3.8, 4) is 11.4 Å². The van der Waals surface area contributed by atoms with Gasteiger partial charge in [-0.1, -0.05) is 28.1 Å². The predicted octanol–water partition coefficient (Wildman–Crippen LogP) is 4.10. The van der Waals surface area contributed by atoms with Crippen LogP contribution in [0.4, 0.5) is 5.69 Å². The SMILES string of the molecule is O=Nc1ccc2nc(-c3ccccc3Br)n(O)c2c1. The maximum atomic E-state index is 10.5. The van der Waals surface area contributed by atoms with Gasteiger partial charge in [0, 0.05) is 10.0 Å². The van der Waals surface area contributed by atoms with Crippen LogP contribution in [0.3, 0.4) is 0 Å². The Morgan fingerprint density at radius 1 is 1.21 bits per heavy atom. The molecule has 0 fully saturated rings. The molecule has 0 saturated heterocycles. The quantitative estimate of drug-likeness (QED) is 0.571. The molecule has 1 heterocycles.